The monoisotopic (exact) mass is 418 g/mol. The molecule has 2 aromatic rings. The summed E-state index contributed by atoms with van der Waals surface area (Å²) in [5, 5.41) is 3.09. The number of halogens is 5. The number of hydrogen-bond donors (Lipinski definition) is 1. The Labute approximate surface area is 163 Å². The van der Waals surface area contributed by atoms with E-state index in [9.17, 15) is 13.2 Å². The Morgan fingerprint density at radius 2 is 1.93 bits per heavy atom. The normalized spacial score (nSPS) is 14.9. The van der Waals surface area contributed by atoms with Crippen LogP contribution < -0.4 is 5.32 Å². The maximum Gasteiger partial charge on any atom is 0.434 e. The number of morpholine rings is 1. The van der Waals surface area contributed by atoms with E-state index in [1.807, 2.05) is 0 Å². The maximum atomic E-state index is 13.6. The maximum absolute atomic E-state index is 13.6. The third kappa shape index (κ3) is 4.45. The molecule has 5 nitrogen and oxygen atoms in total. The number of aromatic nitrogens is 2. The molecule has 0 unspecified atom stereocenters. The molecule has 144 valence electrons. The zero-order valence-corrected chi connectivity index (χ0v) is 15.5. The van der Waals surface area contributed by atoms with Crippen LogP contribution in [-0.2, 0) is 10.9 Å². The first-order chi connectivity index (χ1) is 12.8. The number of nitrogens with one attached hydrogen (secondary N) is 1. The zero-order chi connectivity index (χ0) is 19.6. The molecule has 0 radical (unpaired) electrons. The van der Waals surface area contributed by atoms with Gasteiger partial charge in [0.25, 0.3) is 0 Å². The smallest absolute Gasteiger partial charge is 0.378 e. The lowest BCUT2D eigenvalue weighted by atomic mass is 10.1. The molecule has 1 aliphatic rings. The lowest BCUT2D eigenvalue weighted by Gasteiger charge is -2.31. The van der Waals surface area contributed by atoms with Crippen LogP contribution in [0.3, 0.4) is 0 Å². The van der Waals surface area contributed by atoms with Crippen molar-refractivity contribution in [2.75, 3.05) is 31.6 Å². The number of rotatable bonds is 4. The SMILES string of the molecule is C=C(c1cnc(Nc2cccc(Cl)c2Cl)nc1C(F)(F)F)N1CCOCC1. The lowest BCUT2D eigenvalue weighted by Crippen LogP contribution is -2.35. The molecule has 1 aromatic heterocycles. The van der Waals surface area contributed by atoms with Gasteiger partial charge < -0.3 is 15.0 Å². The highest BCUT2D eigenvalue weighted by Gasteiger charge is 2.37. The van der Waals surface area contributed by atoms with Gasteiger partial charge in [0.1, 0.15) is 0 Å². The van der Waals surface area contributed by atoms with Gasteiger partial charge in [0.15, 0.2) is 5.69 Å². The van der Waals surface area contributed by atoms with Gasteiger partial charge in [0.2, 0.25) is 5.95 Å². The average Bonchev–Trinajstić information content (AvgIpc) is 2.65. The molecule has 0 bridgehead atoms. The van der Waals surface area contributed by atoms with Crippen LogP contribution in [0.2, 0.25) is 10.0 Å². The fraction of sp³-hybridized carbons (Fsp3) is 0.294. The van der Waals surface area contributed by atoms with Crippen LogP contribution in [0.5, 0.6) is 0 Å². The Morgan fingerprint density at radius 3 is 2.59 bits per heavy atom. The van der Waals surface area contributed by atoms with E-state index in [0.717, 1.165) is 6.20 Å². The predicted molar refractivity (Wildman–Crippen MR) is 98.2 cm³/mol. The van der Waals surface area contributed by atoms with E-state index in [2.05, 4.69) is 21.9 Å². The third-order valence-electron chi connectivity index (χ3n) is 3.96. The highest BCUT2D eigenvalue weighted by Crippen LogP contribution is 2.36. The molecule has 27 heavy (non-hydrogen) atoms. The van der Waals surface area contributed by atoms with E-state index >= 15 is 0 Å². The van der Waals surface area contributed by atoms with E-state index in [1.54, 1.807) is 23.1 Å². The predicted octanol–water partition coefficient (Wildman–Crippen LogP) is 4.85. The largest absolute Gasteiger partial charge is 0.434 e. The molecule has 1 fully saturated rings. The Morgan fingerprint density at radius 1 is 1.22 bits per heavy atom. The molecule has 1 aromatic carbocycles. The molecule has 0 aliphatic carbocycles. The van der Waals surface area contributed by atoms with Crippen LogP contribution in [0, 0.1) is 0 Å². The first-order valence-corrected chi connectivity index (χ1v) is 8.70. The summed E-state index contributed by atoms with van der Waals surface area (Å²) in [6.45, 7) is 5.55. The Bertz CT molecular complexity index is 855. The fourth-order valence-electron chi connectivity index (χ4n) is 2.59. The quantitative estimate of drug-likeness (QED) is 0.768. The van der Waals surface area contributed by atoms with Gasteiger partial charge in [-0.05, 0) is 12.1 Å². The van der Waals surface area contributed by atoms with Crippen molar-refractivity contribution in [3.05, 3.63) is 52.3 Å². The summed E-state index contributed by atoms with van der Waals surface area (Å²) < 4.78 is 46.0. The second-order valence-corrected chi connectivity index (χ2v) is 6.51. The molecule has 2 heterocycles. The van der Waals surface area contributed by atoms with Gasteiger partial charge in [-0.1, -0.05) is 35.8 Å². The van der Waals surface area contributed by atoms with Gasteiger partial charge in [-0.2, -0.15) is 13.2 Å². The standard InChI is InChI=1S/C17H15Cl2F3N4O/c1-10(26-5-7-27-8-6-26)11-9-23-16(25-15(11)17(20,21)22)24-13-4-2-3-12(18)14(13)19/h2-4,9H,1,5-8H2,(H,23,24,25). The summed E-state index contributed by atoms with van der Waals surface area (Å²) in [5.41, 5.74) is -0.739. The van der Waals surface area contributed by atoms with Crippen LogP contribution in [0.4, 0.5) is 24.8 Å². The van der Waals surface area contributed by atoms with E-state index in [0.29, 0.717) is 32.0 Å². The third-order valence-corrected chi connectivity index (χ3v) is 4.78. The van der Waals surface area contributed by atoms with Crippen LogP contribution >= 0.6 is 23.2 Å². The van der Waals surface area contributed by atoms with Gasteiger partial charge >= 0.3 is 6.18 Å². The lowest BCUT2D eigenvalue weighted by molar-refractivity contribution is -0.141. The summed E-state index contributed by atoms with van der Waals surface area (Å²) in [6, 6.07) is 4.73. The van der Waals surface area contributed by atoms with Crippen molar-refractivity contribution in [1.82, 2.24) is 14.9 Å². The van der Waals surface area contributed by atoms with Gasteiger partial charge in [-0.25, -0.2) is 9.97 Å². The van der Waals surface area contributed by atoms with Crippen molar-refractivity contribution in [3.8, 4) is 0 Å². The molecular formula is C17H15Cl2F3N4O. The minimum Gasteiger partial charge on any atom is -0.378 e. The first kappa shape index (κ1) is 19.7. The van der Waals surface area contributed by atoms with Gasteiger partial charge in [-0.3, -0.25) is 0 Å². The van der Waals surface area contributed by atoms with E-state index < -0.39 is 11.9 Å². The Balaban J connectivity index is 1.94. The minimum absolute atomic E-state index is 0.165. The summed E-state index contributed by atoms with van der Waals surface area (Å²) >= 11 is 12.0. The van der Waals surface area contributed by atoms with Crippen molar-refractivity contribution < 1.29 is 17.9 Å². The second-order valence-electron chi connectivity index (χ2n) is 5.73. The number of ether oxygens (including phenoxy) is 1. The molecule has 1 N–H and O–H groups in total. The summed E-state index contributed by atoms with van der Waals surface area (Å²) in [5.74, 6) is -0.245. The molecule has 0 amide bonds. The number of nitrogens with zero attached hydrogens (tertiary/aromatic N) is 3. The average molecular weight is 419 g/mol. The molecule has 10 heteroatoms. The number of alkyl halides is 3. The van der Waals surface area contributed by atoms with Crippen molar-refractivity contribution in [2.45, 2.75) is 6.18 Å². The van der Waals surface area contributed by atoms with Gasteiger partial charge in [0.05, 0.1) is 28.9 Å². The zero-order valence-electron chi connectivity index (χ0n) is 14.0. The first-order valence-electron chi connectivity index (χ1n) is 7.94. The summed E-state index contributed by atoms with van der Waals surface area (Å²) in [7, 11) is 0. The molecule has 1 saturated heterocycles. The molecule has 3 rings (SSSR count). The number of benzene rings is 1. The molecule has 0 atom stereocenters. The van der Waals surface area contributed by atoms with E-state index in [4.69, 9.17) is 27.9 Å². The molecular weight excluding hydrogens is 404 g/mol. The van der Waals surface area contributed by atoms with Crippen LogP contribution in [0.1, 0.15) is 11.3 Å². The van der Waals surface area contributed by atoms with Gasteiger partial charge in [0, 0.05) is 30.5 Å². The minimum atomic E-state index is -4.68. The van der Waals surface area contributed by atoms with Crippen molar-refractivity contribution >= 4 is 40.5 Å². The van der Waals surface area contributed by atoms with Crippen molar-refractivity contribution in [2.24, 2.45) is 0 Å². The van der Waals surface area contributed by atoms with Crippen molar-refractivity contribution in [3.63, 3.8) is 0 Å². The number of hydrogen-bond acceptors (Lipinski definition) is 5. The molecule has 1 aliphatic heterocycles. The highest BCUT2D eigenvalue weighted by atomic mass is 35.5. The highest BCUT2D eigenvalue weighted by molar-refractivity contribution is 6.43. The number of anilines is 2. The molecule has 0 saturated carbocycles. The molecule has 0 spiro atoms. The van der Waals surface area contributed by atoms with Crippen LogP contribution in [-0.4, -0.2) is 41.2 Å². The Kier molecular flexibility index (Phi) is 5.78. The van der Waals surface area contributed by atoms with E-state index in [1.165, 1.54) is 0 Å². The summed E-state index contributed by atoms with van der Waals surface area (Å²) in [4.78, 5) is 9.37. The Hall–Kier alpha value is -2.03. The van der Waals surface area contributed by atoms with Crippen molar-refractivity contribution in [1.29, 1.82) is 0 Å². The van der Waals surface area contributed by atoms with Crippen LogP contribution in [0.25, 0.3) is 5.70 Å². The van der Waals surface area contributed by atoms with E-state index in [-0.39, 0.29) is 27.3 Å². The summed E-state index contributed by atoms with van der Waals surface area (Å²) in [6.07, 6.45) is -3.57. The fourth-order valence-corrected chi connectivity index (χ4v) is 2.94. The van der Waals surface area contributed by atoms with Gasteiger partial charge in [-0.15, -0.1) is 0 Å². The second kappa shape index (κ2) is 7.92. The topological polar surface area (TPSA) is 50.3 Å². The van der Waals surface area contributed by atoms with Crippen LogP contribution in [0.15, 0.2) is 31.0 Å².